The number of nitrogens with one attached hydrogen (secondary N) is 1. The zero-order chi connectivity index (χ0) is 20.8. The summed E-state index contributed by atoms with van der Waals surface area (Å²) < 4.78 is 0. The summed E-state index contributed by atoms with van der Waals surface area (Å²) in [5, 5.41) is -0.610. The third-order valence-corrected chi connectivity index (χ3v) is 4.19. The Balaban J connectivity index is 0. The van der Waals surface area contributed by atoms with Gasteiger partial charge >= 0.3 is 0 Å². The number of ketones is 1. The first kappa shape index (κ1) is 29.8. The van der Waals surface area contributed by atoms with E-state index in [0.717, 1.165) is 5.56 Å². The van der Waals surface area contributed by atoms with Crippen molar-refractivity contribution < 1.29 is 9.59 Å². The molecule has 2 aromatic carbocycles. The molecule has 0 amide bonds. The van der Waals surface area contributed by atoms with Crippen molar-refractivity contribution in [3.63, 3.8) is 0 Å². The SMILES string of the molecule is CC(C)(C)NN.Cc1cccc(C(=O)Cl)c1C(=O)c1ccc(C(C)C)cc1.Cl.Cl. The molecule has 0 radical (unpaired) electrons. The van der Waals surface area contributed by atoms with Gasteiger partial charge in [-0.2, -0.15) is 0 Å². The number of aryl methyl sites for hydroxylation is 1. The minimum Gasteiger partial charge on any atom is -0.289 e. The third kappa shape index (κ3) is 9.28. The smallest absolute Gasteiger partial charge is 0.253 e. The molecule has 162 valence electrons. The Kier molecular flexibility index (Phi) is 13.3. The predicted molar refractivity (Wildman–Crippen MR) is 127 cm³/mol. The monoisotopic (exact) mass is 460 g/mol. The van der Waals surface area contributed by atoms with E-state index >= 15 is 0 Å². The average Bonchev–Trinajstić information content (AvgIpc) is 2.60. The van der Waals surface area contributed by atoms with Crippen LogP contribution in [0.4, 0.5) is 0 Å². The summed E-state index contributed by atoms with van der Waals surface area (Å²) in [5.74, 6) is 5.29. The van der Waals surface area contributed by atoms with Crippen molar-refractivity contribution in [3.05, 3.63) is 70.3 Å². The van der Waals surface area contributed by atoms with Gasteiger partial charge in [-0.05, 0) is 62.4 Å². The molecule has 4 nitrogen and oxygen atoms in total. The lowest BCUT2D eigenvalue weighted by molar-refractivity contribution is 0.102. The van der Waals surface area contributed by atoms with Crippen LogP contribution in [0.25, 0.3) is 0 Å². The minimum absolute atomic E-state index is 0. The Hall–Kier alpha value is -1.43. The molecule has 0 spiro atoms. The maximum absolute atomic E-state index is 12.7. The molecule has 2 rings (SSSR count). The van der Waals surface area contributed by atoms with Crippen molar-refractivity contribution >= 4 is 47.4 Å². The summed E-state index contributed by atoms with van der Waals surface area (Å²) in [5.41, 5.74) is 5.80. The molecule has 0 bridgehead atoms. The zero-order valence-electron chi connectivity index (χ0n) is 17.7. The predicted octanol–water partition coefficient (Wildman–Crippen LogP) is 5.82. The van der Waals surface area contributed by atoms with Crippen LogP contribution >= 0.6 is 36.4 Å². The average molecular weight is 462 g/mol. The highest BCUT2D eigenvalue weighted by molar-refractivity contribution is 6.68. The van der Waals surface area contributed by atoms with Gasteiger partial charge in [0, 0.05) is 22.2 Å². The number of hydrazine groups is 1. The molecule has 0 aromatic heterocycles. The van der Waals surface area contributed by atoms with Gasteiger partial charge < -0.3 is 0 Å². The fourth-order valence-corrected chi connectivity index (χ4v) is 2.45. The first-order valence-corrected chi connectivity index (χ1v) is 9.27. The molecule has 7 heteroatoms. The van der Waals surface area contributed by atoms with Gasteiger partial charge in [0.05, 0.1) is 0 Å². The minimum atomic E-state index is -0.610. The number of carbonyl (C=O) groups excluding carboxylic acids is 2. The van der Waals surface area contributed by atoms with Gasteiger partial charge in [0.15, 0.2) is 5.78 Å². The van der Waals surface area contributed by atoms with Crippen molar-refractivity contribution in [1.82, 2.24) is 5.43 Å². The standard InChI is InChI=1S/C18H17ClO2.C4H12N2.2ClH/c1-11(2)13-7-9-14(10-8-13)17(20)16-12(3)5-4-6-15(16)18(19)21;1-4(2,3)6-5;;/h4-11H,1-3H3;6H,5H2,1-3H3;2*1H. The maximum atomic E-state index is 12.7. The third-order valence-electron chi connectivity index (χ3n) is 3.98. The summed E-state index contributed by atoms with van der Waals surface area (Å²) in [4.78, 5) is 24.2. The highest BCUT2D eigenvalue weighted by atomic mass is 35.5. The van der Waals surface area contributed by atoms with Crippen LogP contribution in [-0.4, -0.2) is 16.6 Å². The summed E-state index contributed by atoms with van der Waals surface area (Å²) in [7, 11) is 0. The molecule has 2 aromatic rings. The van der Waals surface area contributed by atoms with Crippen LogP contribution in [-0.2, 0) is 0 Å². The molecule has 0 aliphatic carbocycles. The number of carbonyl (C=O) groups is 2. The Morgan fingerprint density at radius 2 is 1.48 bits per heavy atom. The second kappa shape index (κ2) is 13.0. The zero-order valence-corrected chi connectivity index (χ0v) is 20.1. The fraction of sp³-hybridized carbons (Fsp3) is 0.364. The highest BCUT2D eigenvalue weighted by Crippen LogP contribution is 2.22. The van der Waals surface area contributed by atoms with Crippen LogP contribution in [0.1, 0.15) is 77.9 Å². The lowest BCUT2D eigenvalue weighted by Gasteiger charge is -2.14. The first-order valence-electron chi connectivity index (χ1n) is 8.89. The van der Waals surface area contributed by atoms with Gasteiger partial charge in [0.2, 0.25) is 0 Å². The van der Waals surface area contributed by atoms with Crippen molar-refractivity contribution in [3.8, 4) is 0 Å². The molecule has 0 saturated heterocycles. The topological polar surface area (TPSA) is 72.2 Å². The van der Waals surface area contributed by atoms with E-state index in [-0.39, 0.29) is 41.7 Å². The Labute approximate surface area is 191 Å². The largest absolute Gasteiger partial charge is 0.289 e. The summed E-state index contributed by atoms with van der Waals surface area (Å²) in [6, 6.07) is 12.6. The Morgan fingerprint density at radius 3 is 1.86 bits per heavy atom. The van der Waals surface area contributed by atoms with E-state index in [4.69, 9.17) is 17.4 Å². The highest BCUT2D eigenvalue weighted by Gasteiger charge is 2.19. The molecule has 29 heavy (non-hydrogen) atoms. The van der Waals surface area contributed by atoms with E-state index in [1.165, 1.54) is 5.56 Å². The van der Waals surface area contributed by atoms with Crippen LogP contribution in [0.15, 0.2) is 42.5 Å². The van der Waals surface area contributed by atoms with Gasteiger partial charge in [0.25, 0.3) is 5.24 Å². The molecule has 0 aliphatic rings. The molecule has 0 heterocycles. The van der Waals surface area contributed by atoms with E-state index < -0.39 is 5.24 Å². The van der Waals surface area contributed by atoms with Gasteiger partial charge in [0.1, 0.15) is 0 Å². The van der Waals surface area contributed by atoms with Crippen molar-refractivity contribution in [1.29, 1.82) is 0 Å². The van der Waals surface area contributed by atoms with Crippen molar-refractivity contribution in [2.45, 2.75) is 53.0 Å². The molecule has 0 unspecified atom stereocenters. The van der Waals surface area contributed by atoms with Gasteiger partial charge in [-0.3, -0.25) is 20.9 Å². The molecular weight excluding hydrogens is 431 g/mol. The number of halogens is 3. The van der Waals surface area contributed by atoms with Crippen molar-refractivity contribution in [2.75, 3.05) is 0 Å². The number of hydrogen-bond acceptors (Lipinski definition) is 4. The Bertz CT molecular complexity index is 799. The lowest BCUT2D eigenvalue weighted by Crippen LogP contribution is -2.41. The van der Waals surface area contributed by atoms with Crippen LogP contribution in [0.3, 0.4) is 0 Å². The molecular formula is C22H31Cl3N2O2. The molecule has 3 N–H and O–H groups in total. The molecule has 0 fully saturated rings. The Morgan fingerprint density at radius 1 is 1.00 bits per heavy atom. The van der Waals surface area contributed by atoms with Gasteiger partial charge in [-0.1, -0.05) is 50.2 Å². The van der Waals surface area contributed by atoms with E-state index in [1.807, 2.05) is 32.9 Å². The summed E-state index contributed by atoms with van der Waals surface area (Å²) in [6.45, 7) is 12.0. The van der Waals surface area contributed by atoms with Crippen LogP contribution in [0.2, 0.25) is 0 Å². The van der Waals surface area contributed by atoms with Crippen LogP contribution in [0, 0.1) is 6.92 Å². The van der Waals surface area contributed by atoms with Gasteiger partial charge in [-0.15, -0.1) is 24.8 Å². The normalized spacial score (nSPS) is 10.2. The number of benzene rings is 2. The fourth-order valence-electron chi connectivity index (χ4n) is 2.30. The number of rotatable bonds is 4. The van der Waals surface area contributed by atoms with Crippen LogP contribution in [0.5, 0.6) is 0 Å². The van der Waals surface area contributed by atoms with Gasteiger partial charge in [-0.25, -0.2) is 0 Å². The molecule has 0 atom stereocenters. The van der Waals surface area contributed by atoms with E-state index in [9.17, 15) is 9.59 Å². The maximum Gasteiger partial charge on any atom is 0.253 e. The molecule has 0 aliphatic heterocycles. The molecule has 0 saturated carbocycles. The summed E-state index contributed by atoms with van der Waals surface area (Å²) >= 11 is 5.59. The second-order valence-corrected chi connectivity index (χ2v) is 8.11. The quantitative estimate of drug-likeness (QED) is 0.260. The second-order valence-electron chi connectivity index (χ2n) is 7.77. The first-order chi connectivity index (χ1) is 12.5. The number of nitrogens with two attached hydrogens (primary N) is 1. The van der Waals surface area contributed by atoms with E-state index in [2.05, 4.69) is 19.3 Å². The summed E-state index contributed by atoms with van der Waals surface area (Å²) in [6.07, 6.45) is 0. The number of hydrogen-bond donors (Lipinski definition) is 2. The van der Waals surface area contributed by atoms with E-state index in [0.29, 0.717) is 17.0 Å². The van der Waals surface area contributed by atoms with E-state index in [1.54, 1.807) is 37.3 Å². The van der Waals surface area contributed by atoms with Crippen LogP contribution < -0.4 is 11.3 Å². The van der Waals surface area contributed by atoms with Crippen molar-refractivity contribution in [2.24, 2.45) is 5.84 Å². The lowest BCUT2D eigenvalue weighted by atomic mass is 9.93.